The minimum atomic E-state index is -3.62. The number of fused-ring (bicyclic) bond motifs is 1. The molecule has 0 radical (unpaired) electrons. The highest BCUT2D eigenvalue weighted by Gasteiger charge is 2.42. The van der Waals surface area contributed by atoms with Crippen LogP contribution in [-0.2, 0) is 16.4 Å². The van der Waals surface area contributed by atoms with E-state index in [2.05, 4.69) is 40.7 Å². The Morgan fingerprint density at radius 1 is 1.23 bits per heavy atom. The Labute approximate surface area is 130 Å². The van der Waals surface area contributed by atoms with E-state index in [0.717, 1.165) is 12.0 Å². The van der Waals surface area contributed by atoms with Crippen LogP contribution in [0.15, 0.2) is 41.8 Å². The van der Waals surface area contributed by atoms with Gasteiger partial charge in [0.15, 0.2) is 5.03 Å². The highest BCUT2D eigenvalue weighted by Crippen LogP contribution is 2.51. The molecule has 0 amide bonds. The van der Waals surface area contributed by atoms with Gasteiger partial charge in [-0.2, -0.15) is 0 Å². The molecule has 1 aliphatic rings. The third kappa shape index (κ3) is 2.32. The van der Waals surface area contributed by atoms with Crippen LogP contribution in [0.25, 0.3) is 0 Å². The molecule has 3 rings (SSSR count). The molecule has 2 aromatic rings. The van der Waals surface area contributed by atoms with E-state index in [1.165, 1.54) is 18.9 Å². The van der Waals surface area contributed by atoms with Crippen LogP contribution in [0.4, 0.5) is 0 Å². The molecule has 1 aromatic heterocycles. The number of benzene rings is 1. The van der Waals surface area contributed by atoms with Crippen molar-refractivity contribution in [3.8, 4) is 0 Å². The number of nitrogens with one attached hydrogen (secondary N) is 1. The van der Waals surface area contributed by atoms with Crippen LogP contribution in [0, 0.1) is 5.41 Å². The maximum Gasteiger partial charge on any atom is 0.258 e. The summed E-state index contributed by atoms with van der Waals surface area (Å²) in [6.45, 7) is 4.31. The van der Waals surface area contributed by atoms with Crippen molar-refractivity contribution >= 4 is 10.0 Å². The molecule has 1 N–H and O–H groups in total. The first-order valence-corrected chi connectivity index (χ1v) is 8.66. The average Bonchev–Trinajstić information content (AvgIpc) is 2.76. The van der Waals surface area contributed by atoms with Gasteiger partial charge in [0.2, 0.25) is 0 Å². The van der Waals surface area contributed by atoms with Gasteiger partial charge >= 0.3 is 0 Å². The molecule has 1 unspecified atom stereocenters. The van der Waals surface area contributed by atoms with Crippen LogP contribution in [0.1, 0.15) is 36.5 Å². The van der Waals surface area contributed by atoms with Crippen LogP contribution in [0.2, 0.25) is 0 Å². The van der Waals surface area contributed by atoms with Gasteiger partial charge in [-0.1, -0.05) is 38.1 Å². The lowest BCUT2D eigenvalue weighted by atomic mass is 9.76. The Morgan fingerprint density at radius 2 is 1.95 bits per heavy atom. The second-order valence-corrected chi connectivity index (χ2v) is 8.09. The third-order valence-corrected chi connectivity index (χ3v) is 5.72. The monoisotopic (exact) mass is 317 g/mol. The molecule has 0 spiro atoms. The quantitative estimate of drug-likeness (QED) is 0.880. The van der Waals surface area contributed by atoms with Crippen LogP contribution in [0.3, 0.4) is 0 Å². The largest absolute Gasteiger partial charge is 0.258 e. The summed E-state index contributed by atoms with van der Waals surface area (Å²) < 4.78 is 27.0. The first-order valence-electron chi connectivity index (χ1n) is 7.18. The van der Waals surface area contributed by atoms with Crippen molar-refractivity contribution in [3.63, 3.8) is 0 Å². The number of sulfonamides is 1. The molecular formula is C16H19N3O2S. The van der Waals surface area contributed by atoms with Crippen molar-refractivity contribution in [1.82, 2.24) is 14.7 Å². The van der Waals surface area contributed by atoms with E-state index in [-0.39, 0.29) is 16.4 Å². The zero-order valence-electron chi connectivity index (χ0n) is 12.9. The lowest BCUT2D eigenvalue weighted by Crippen LogP contribution is -2.26. The van der Waals surface area contributed by atoms with Crippen LogP contribution in [0.5, 0.6) is 0 Å². The predicted molar refractivity (Wildman–Crippen MR) is 84.0 cm³/mol. The van der Waals surface area contributed by atoms with Crippen molar-refractivity contribution in [1.29, 1.82) is 0 Å². The van der Waals surface area contributed by atoms with Gasteiger partial charge in [-0.05, 0) is 30.0 Å². The number of aromatic nitrogens is 2. The number of hydrogen-bond acceptors (Lipinski definition) is 4. The third-order valence-electron chi connectivity index (χ3n) is 4.33. The summed E-state index contributed by atoms with van der Waals surface area (Å²) in [4.78, 5) is 8.12. The SMILES string of the molecule is CNS(=O)(=O)c1ncncc1C1c2ccccc2CC1(C)C. The van der Waals surface area contributed by atoms with Gasteiger partial charge in [0.25, 0.3) is 10.0 Å². The fraction of sp³-hybridized carbons (Fsp3) is 0.375. The summed E-state index contributed by atoms with van der Waals surface area (Å²) >= 11 is 0. The minimum Gasteiger partial charge on any atom is -0.244 e. The van der Waals surface area contributed by atoms with Crippen molar-refractivity contribution in [3.05, 3.63) is 53.5 Å². The maximum atomic E-state index is 12.3. The summed E-state index contributed by atoms with van der Waals surface area (Å²) in [5.41, 5.74) is 2.99. The second-order valence-electron chi connectivity index (χ2n) is 6.29. The second kappa shape index (κ2) is 5.14. The smallest absolute Gasteiger partial charge is 0.244 e. The Hall–Kier alpha value is -1.79. The Bertz CT molecular complexity index is 816. The number of nitrogens with zero attached hydrogens (tertiary/aromatic N) is 2. The molecule has 0 fully saturated rings. The topological polar surface area (TPSA) is 72.0 Å². The summed E-state index contributed by atoms with van der Waals surface area (Å²) in [6.07, 6.45) is 3.81. The molecule has 0 bridgehead atoms. The molecule has 1 atom stereocenters. The zero-order chi connectivity index (χ0) is 16.0. The van der Waals surface area contributed by atoms with Gasteiger partial charge in [-0.25, -0.2) is 23.1 Å². The highest BCUT2D eigenvalue weighted by atomic mass is 32.2. The molecule has 6 heteroatoms. The zero-order valence-corrected chi connectivity index (χ0v) is 13.7. The van der Waals surface area contributed by atoms with Gasteiger partial charge in [0, 0.05) is 17.7 Å². The first-order chi connectivity index (χ1) is 10.4. The molecule has 22 heavy (non-hydrogen) atoms. The number of rotatable bonds is 3. The van der Waals surface area contributed by atoms with E-state index >= 15 is 0 Å². The van der Waals surface area contributed by atoms with E-state index in [9.17, 15) is 8.42 Å². The van der Waals surface area contributed by atoms with Crippen LogP contribution >= 0.6 is 0 Å². The molecule has 0 saturated carbocycles. The molecule has 1 heterocycles. The standard InChI is InChI=1S/C16H19N3O2S/c1-16(2)8-11-6-4-5-7-12(11)14(16)13-9-18-10-19-15(13)22(20,21)17-3/h4-7,9-10,14,17H,8H2,1-3H3. The maximum absolute atomic E-state index is 12.3. The number of hydrogen-bond donors (Lipinski definition) is 1. The molecule has 1 aromatic carbocycles. The Morgan fingerprint density at radius 3 is 2.68 bits per heavy atom. The van der Waals surface area contributed by atoms with E-state index in [1.54, 1.807) is 6.20 Å². The van der Waals surface area contributed by atoms with Gasteiger partial charge in [0.05, 0.1) is 0 Å². The molecule has 0 aliphatic heterocycles. The van der Waals surface area contributed by atoms with Crippen LogP contribution in [-0.4, -0.2) is 25.4 Å². The molecule has 1 aliphatic carbocycles. The molecule has 0 saturated heterocycles. The van der Waals surface area contributed by atoms with Crippen molar-refractivity contribution in [2.75, 3.05) is 7.05 Å². The van der Waals surface area contributed by atoms with Crippen molar-refractivity contribution < 1.29 is 8.42 Å². The Kier molecular flexibility index (Phi) is 3.53. The Balaban J connectivity index is 2.24. The lowest BCUT2D eigenvalue weighted by molar-refractivity contribution is 0.342. The summed E-state index contributed by atoms with van der Waals surface area (Å²) in [5, 5.41) is 0.0692. The van der Waals surface area contributed by atoms with Gasteiger partial charge in [-0.3, -0.25) is 0 Å². The normalized spacial score (nSPS) is 19.9. The summed E-state index contributed by atoms with van der Waals surface area (Å²) in [6, 6.07) is 8.18. The van der Waals surface area contributed by atoms with E-state index in [4.69, 9.17) is 0 Å². The van der Waals surface area contributed by atoms with Gasteiger partial charge in [-0.15, -0.1) is 0 Å². The highest BCUT2D eigenvalue weighted by molar-refractivity contribution is 7.89. The fourth-order valence-electron chi connectivity index (χ4n) is 3.43. The molecule has 116 valence electrons. The van der Waals surface area contributed by atoms with Gasteiger partial charge in [0.1, 0.15) is 6.33 Å². The van der Waals surface area contributed by atoms with Crippen molar-refractivity contribution in [2.45, 2.75) is 31.2 Å². The van der Waals surface area contributed by atoms with E-state index < -0.39 is 10.0 Å². The van der Waals surface area contributed by atoms with Crippen LogP contribution < -0.4 is 4.72 Å². The predicted octanol–water partition coefficient (Wildman–Crippen LogP) is 2.10. The molecular weight excluding hydrogens is 298 g/mol. The van der Waals surface area contributed by atoms with Crippen molar-refractivity contribution in [2.24, 2.45) is 5.41 Å². The summed E-state index contributed by atoms with van der Waals surface area (Å²) in [5.74, 6) is -0.0389. The fourth-order valence-corrected chi connectivity index (χ4v) is 4.29. The van der Waals surface area contributed by atoms with E-state index in [1.807, 2.05) is 12.1 Å². The first kappa shape index (κ1) is 15.1. The van der Waals surface area contributed by atoms with E-state index in [0.29, 0.717) is 5.56 Å². The average molecular weight is 317 g/mol. The summed E-state index contributed by atoms with van der Waals surface area (Å²) in [7, 11) is -2.22. The lowest BCUT2D eigenvalue weighted by Gasteiger charge is -2.28. The minimum absolute atomic E-state index is 0.0389. The van der Waals surface area contributed by atoms with Gasteiger partial charge < -0.3 is 0 Å². The molecule has 5 nitrogen and oxygen atoms in total.